The molecule has 0 radical (unpaired) electrons. The van der Waals surface area contributed by atoms with Crippen LogP contribution in [0.25, 0.3) is 10.9 Å². The van der Waals surface area contributed by atoms with Crippen molar-refractivity contribution in [1.29, 1.82) is 0 Å². The summed E-state index contributed by atoms with van der Waals surface area (Å²) < 4.78 is 6.86. The maximum atomic E-state index is 11.6. The van der Waals surface area contributed by atoms with Crippen LogP contribution in [-0.4, -0.2) is 23.7 Å². The third-order valence-corrected chi connectivity index (χ3v) is 4.48. The maximum Gasteiger partial charge on any atom is 0.322 e. The van der Waals surface area contributed by atoms with Crippen molar-refractivity contribution in [2.45, 2.75) is 19.0 Å². The lowest BCUT2D eigenvalue weighted by atomic mass is 10.1. The molecule has 2 aromatic carbocycles. The SMILES string of the molecule is COC(=O)C(N)Cc1cn(Cc2ccccc2Cl)c2ccccc12. The van der Waals surface area contributed by atoms with E-state index in [0.717, 1.165) is 27.1 Å². The number of fused-ring (bicyclic) bond motifs is 1. The van der Waals surface area contributed by atoms with Crippen LogP contribution in [0, 0.1) is 0 Å². The van der Waals surface area contributed by atoms with Crippen molar-refractivity contribution in [1.82, 2.24) is 4.57 Å². The summed E-state index contributed by atoms with van der Waals surface area (Å²) in [7, 11) is 1.35. The van der Waals surface area contributed by atoms with Crippen LogP contribution >= 0.6 is 11.6 Å². The molecule has 1 aromatic heterocycles. The minimum absolute atomic E-state index is 0.405. The lowest BCUT2D eigenvalue weighted by Crippen LogP contribution is -2.33. The minimum Gasteiger partial charge on any atom is -0.468 e. The van der Waals surface area contributed by atoms with Crippen molar-refractivity contribution in [3.05, 3.63) is 70.9 Å². The Bertz CT molecular complexity index is 873. The highest BCUT2D eigenvalue weighted by atomic mass is 35.5. The summed E-state index contributed by atoms with van der Waals surface area (Å²) >= 11 is 6.28. The zero-order chi connectivity index (χ0) is 17.1. The van der Waals surface area contributed by atoms with Crippen LogP contribution in [0.1, 0.15) is 11.1 Å². The van der Waals surface area contributed by atoms with E-state index in [9.17, 15) is 4.79 Å². The highest BCUT2D eigenvalue weighted by Crippen LogP contribution is 2.25. The van der Waals surface area contributed by atoms with Gasteiger partial charge in [0.25, 0.3) is 0 Å². The van der Waals surface area contributed by atoms with Crippen molar-refractivity contribution < 1.29 is 9.53 Å². The molecule has 24 heavy (non-hydrogen) atoms. The summed E-state index contributed by atoms with van der Waals surface area (Å²) in [5.74, 6) is -0.405. The number of hydrogen-bond donors (Lipinski definition) is 1. The molecule has 2 N–H and O–H groups in total. The predicted octanol–water partition coefficient (Wildman–Crippen LogP) is 3.39. The van der Waals surface area contributed by atoms with Crippen LogP contribution in [0.5, 0.6) is 0 Å². The number of rotatable bonds is 5. The van der Waals surface area contributed by atoms with Gasteiger partial charge in [0.1, 0.15) is 6.04 Å². The quantitative estimate of drug-likeness (QED) is 0.723. The van der Waals surface area contributed by atoms with Crippen molar-refractivity contribution in [3.63, 3.8) is 0 Å². The second kappa shape index (κ2) is 7.07. The molecular formula is C19H19ClN2O2. The van der Waals surface area contributed by atoms with Gasteiger partial charge in [-0.1, -0.05) is 48.0 Å². The summed E-state index contributed by atoms with van der Waals surface area (Å²) in [6.07, 6.45) is 2.47. The van der Waals surface area contributed by atoms with E-state index in [2.05, 4.69) is 10.6 Å². The standard InChI is InChI=1S/C19H19ClN2O2/c1-24-19(23)17(21)10-14-12-22(18-9-5-3-7-15(14)18)11-13-6-2-4-8-16(13)20/h2-9,12,17H,10-11,21H2,1H3. The summed E-state index contributed by atoms with van der Waals surface area (Å²) in [6, 6.07) is 15.2. The van der Waals surface area contributed by atoms with Gasteiger partial charge >= 0.3 is 5.97 Å². The van der Waals surface area contributed by atoms with E-state index in [1.807, 2.05) is 48.7 Å². The third kappa shape index (κ3) is 3.30. The molecule has 1 unspecified atom stereocenters. The van der Waals surface area contributed by atoms with Gasteiger partial charge in [0, 0.05) is 35.1 Å². The molecular weight excluding hydrogens is 324 g/mol. The van der Waals surface area contributed by atoms with Gasteiger partial charge in [0.05, 0.1) is 7.11 Å². The molecule has 0 aliphatic carbocycles. The molecule has 0 saturated carbocycles. The summed E-state index contributed by atoms with van der Waals surface area (Å²) in [4.78, 5) is 11.6. The Labute approximate surface area is 145 Å². The number of aromatic nitrogens is 1. The predicted molar refractivity (Wildman–Crippen MR) is 96.2 cm³/mol. The number of halogens is 1. The first kappa shape index (κ1) is 16.6. The molecule has 0 saturated heterocycles. The van der Waals surface area contributed by atoms with Crippen molar-refractivity contribution in [2.75, 3.05) is 7.11 Å². The van der Waals surface area contributed by atoms with E-state index < -0.39 is 12.0 Å². The van der Waals surface area contributed by atoms with Gasteiger partial charge < -0.3 is 15.0 Å². The second-order valence-electron chi connectivity index (χ2n) is 5.72. The summed E-state index contributed by atoms with van der Waals surface area (Å²) in [6.45, 7) is 0.660. The highest BCUT2D eigenvalue weighted by molar-refractivity contribution is 6.31. The molecule has 0 amide bonds. The van der Waals surface area contributed by atoms with Gasteiger partial charge in [0.2, 0.25) is 0 Å². The monoisotopic (exact) mass is 342 g/mol. The van der Waals surface area contributed by atoms with Gasteiger partial charge in [-0.25, -0.2) is 0 Å². The summed E-state index contributed by atoms with van der Waals surface area (Å²) in [5.41, 5.74) is 9.09. The number of methoxy groups -OCH3 is 1. The normalized spacial score (nSPS) is 12.3. The number of ether oxygens (including phenoxy) is 1. The number of carbonyl (C=O) groups excluding carboxylic acids is 1. The van der Waals surface area contributed by atoms with Crippen LogP contribution < -0.4 is 5.73 Å². The van der Waals surface area contributed by atoms with Crippen LogP contribution in [0.15, 0.2) is 54.7 Å². The first-order valence-electron chi connectivity index (χ1n) is 7.73. The van der Waals surface area contributed by atoms with E-state index in [0.29, 0.717) is 13.0 Å². The molecule has 0 spiro atoms. The molecule has 1 atom stereocenters. The highest BCUT2D eigenvalue weighted by Gasteiger charge is 2.18. The van der Waals surface area contributed by atoms with Crippen LogP contribution in [0.3, 0.4) is 0 Å². The number of benzene rings is 2. The Morgan fingerprint density at radius 1 is 1.17 bits per heavy atom. The Kier molecular flexibility index (Phi) is 4.88. The van der Waals surface area contributed by atoms with Crippen LogP contribution in [-0.2, 0) is 22.5 Å². The molecule has 1 heterocycles. The number of para-hydroxylation sites is 1. The number of nitrogens with zero attached hydrogens (tertiary/aromatic N) is 1. The smallest absolute Gasteiger partial charge is 0.322 e. The van der Waals surface area contributed by atoms with Crippen molar-refractivity contribution in [2.24, 2.45) is 5.73 Å². The second-order valence-corrected chi connectivity index (χ2v) is 6.13. The van der Waals surface area contributed by atoms with Gasteiger partial charge in [-0.2, -0.15) is 0 Å². The Hall–Kier alpha value is -2.30. The zero-order valence-corrected chi connectivity index (χ0v) is 14.2. The lowest BCUT2D eigenvalue weighted by molar-refractivity contribution is -0.142. The zero-order valence-electron chi connectivity index (χ0n) is 13.4. The largest absolute Gasteiger partial charge is 0.468 e. The number of hydrogen-bond acceptors (Lipinski definition) is 3. The number of nitrogens with two attached hydrogens (primary N) is 1. The van der Waals surface area contributed by atoms with E-state index in [-0.39, 0.29) is 0 Å². The van der Waals surface area contributed by atoms with E-state index in [1.165, 1.54) is 7.11 Å². The van der Waals surface area contributed by atoms with Crippen molar-refractivity contribution >= 4 is 28.5 Å². The van der Waals surface area contributed by atoms with Gasteiger partial charge in [-0.05, 0) is 23.3 Å². The molecule has 0 fully saturated rings. The molecule has 3 aromatic rings. The molecule has 124 valence electrons. The average molecular weight is 343 g/mol. The Morgan fingerprint density at radius 3 is 2.62 bits per heavy atom. The Morgan fingerprint density at radius 2 is 1.88 bits per heavy atom. The fraction of sp³-hybridized carbons (Fsp3) is 0.211. The summed E-state index contributed by atoms with van der Waals surface area (Å²) in [5, 5.41) is 1.83. The fourth-order valence-electron chi connectivity index (χ4n) is 2.90. The van der Waals surface area contributed by atoms with Gasteiger partial charge in [-0.3, -0.25) is 4.79 Å². The van der Waals surface area contributed by atoms with E-state index in [4.69, 9.17) is 22.1 Å². The van der Waals surface area contributed by atoms with E-state index in [1.54, 1.807) is 0 Å². The van der Waals surface area contributed by atoms with Gasteiger partial charge in [-0.15, -0.1) is 0 Å². The van der Waals surface area contributed by atoms with Crippen LogP contribution in [0.4, 0.5) is 0 Å². The topological polar surface area (TPSA) is 57.2 Å². The van der Waals surface area contributed by atoms with Crippen molar-refractivity contribution in [3.8, 4) is 0 Å². The van der Waals surface area contributed by atoms with E-state index >= 15 is 0 Å². The molecule has 0 aliphatic heterocycles. The molecule has 0 bridgehead atoms. The third-order valence-electron chi connectivity index (χ3n) is 4.11. The number of carbonyl (C=O) groups is 1. The first-order chi connectivity index (χ1) is 11.6. The first-order valence-corrected chi connectivity index (χ1v) is 8.11. The Balaban J connectivity index is 1.97. The molecule has 3 rings (SSSR count). The van der Waals surface area contributed by atoms with Gasteiger partial charge in [0.15, 0.2) is 0 Å². The fourth-order valence-corrected chi connectivity index (χ4v) is 3.09. The average Bonchev–Trinajstić information content (AvgIpc) is 2.94. The lowest BCUT2D eigenvalue weighted by Gasteiger charge is -2.08. The maximum absolute atomic E-state index is 11.6. The molecule has 5 heteroatoms. The molecule has 0 aliphatic rings. The van der Waals surface area contributed by atoms with Crippen LogP contribution in [0.2, 0.25) is 5.02 Å². The number of esters is 1. The molecule has 4 nitrogen and oxygen atoms in total. The minimum atomic E-state index is -0.672.